The van der Waals surface area contributed by atoms with Crippen molar-refractivity contribution in [3.63, 3.8) is 0 Å². The molecule has 4 nitrogen and oxygen atoms in total. The van der Waals surface area contributed by atoms with Crippen LogP contribution in [0.2, 0.25) is 0 Å². The monoisotopic (exact) mass is 304 g/mol. The van der Waals surface area contributed by atoms with Crippen LogP contribution in [0.25, 0.3) is 0 Å². The van der Waals surface area contributed by atoms with Gasteiger partial charge in [-0.25, -0.2) is 0 Å². The van der Waals surface area contributed by atoms with Gasteiger partial charge in [-0.05, 0) is 55.8 Å². The molecular weight excluding hydrogens is 276 g/mol. The summed E-state index contributed by atoms with van der Waals surface area (Å²) >= 11 is 0. The van der Waals surface area contributed by atoms with Crippen molar-refractivity contribution in [2.75, 3.05) is 26.7 Å². The van der Waals surface area contributed by atoms with Gasteiger partial charge in [-0.15, -0.1) is 0 Å². The van der Waals surface area contributed by atoms with Gasteiger partial charge in [0.25, 0.3) is 0 Å². The zero-order chi connectivity index (χ0) is 15.8. The lowest BCUT2D eigenvalue weighted by atomic mass is 9.84. The summed E-state index contributed by atoms with van der Waals surface area (Å²) in [7, 11) is 1.68. The second-order valence-electron chi connectivity index (χ2n) is 6.18. The van der Waals surface area contributed by atoms with E-state index in [1.54, 1.807) is 7.11 Å². The highest BCUT2D eigenvalue weighted by Gasteiger charge is 2.21. The first kappa shape index (κ1) is 16.8. The molecule has 1 saturated heterocycles. The molecule has 22 heavy (non-hydrogen) atoms. The minimum atomic E-state index is 0.168. The molecule has 0 radical (unpaired) electrons. The van der Waals surface area contributed by atoms with E-state index < -0.39 is 0 Å². The van der Waals surface area contributed by atoms with E-state index in [4.69, 9.17) is 4.74 Å². The first-order valence-corrected chi connectivity index (χ1v) is 8.30. The van der Waals surface area contributed by atoms with Crippen molar-refractivity contribution in [3.8, 4) is 5.75 Å². The standard InChI is InChI=1S/C18H28N2O2/c1-14(15-7-10-19-11-8-15)13-18(21)20-12-9-16-5-3-4-6-17(16)22-2/h3-6,14-15,19H,7-13H2,1-2H3,(H,20,21). The molecule has 0 saturated carbocycles. The van der Waals surface area contributed by atoms with Crippen LogP contribution in [0.5, 0.6) is 5.75 Å². The SMILES string of the molecule is COc1ccccc1CCNC(=O)CC(C)C1CCNCC1. The maximum atomic E-state index is 12.1. The summed E-state index contributed by atoms with van der Waals surface area (Å²) in [5, 5.41) is 6.42. The van der Waals surface area contributed by atoms with Crippen LogP contribution >= 0.6 is 0 Å². The van der Waals surface area contributed by atoms with Crippen molar-refractivity contribution < 1.29 is 9.53 Å². The Labute approximate surface area is 133 Å². The van der Waals surface area contributed by atoms with E-state index in [1.807, 2.05) is 24.3 Å². The van der Waals surface area contributed by atoms with Gasteiger partial charge < -0.3 is 15.4 Å². The summed E-state index contributed by atoms with van der Waals surface area (Å²) in [5.41, 5.74) is 1.14. The summed E-state index contributed by atoms with van der Waals surface area (Å²) in [6.45, 7) is 5.04. The Balaban J connectivity index is 1.71. The Kier molecular flexibility index (Phi) is 6.72. The van der Waals surface area contributed by atoms with Crippen LogP contribution in [0.3, 0.4) is 0 Å². The third kappa shape index (κ3) is 5.02. The Morgan fingerprint density at radius 1 is 1.36 bits per heavy atom. The summed E-state index contributed by atoms with van der Waals surface area (Å²) in [6, 6.07) is 7.96. The van der Waals surface area contributed by atoms with Crippen molar-refractivity contribution in [1.82, 2.24) is 10.6 Å². The van der Waals surface area contributed by atoms with Crippen molar-refractivity contribution in [2.24, 2.45) is 11.8 Å². The molecule has 122 valence electrons. The molecule has 2 rings (SSSR count). The molecule has 1 aromatic rings. The highest BCUT2D eigenvalue weighted by atomic mass is 16.5. The molecule has 1 aromatic carbocycles. The number of hydrogen-bond acceptors (Lipinski definition) is 3. The maximum absolute atomic E-state index is 12.1. The molecule has 1 aliphatic heterocycles. The van der Waals surface area contributed by atoms with Crippen LogP contribution in [-0.4, -0.2) is 32.7 Å². The van der Waals surface area contributed by atoms with Gasteiger partial charge in [-0.1, -0.05) is 25.1 Å². The second-order valence-corrected chi connectivity index (χ2v) is 6.18. The number of hydrogen-bond donors (Lipinski definition) is 2. The van der Waals surface area contributed by atoms with Crippen LogP contribution in [0.1, 0.15) is 31.7 Å². The molecule has 4 heteroatoms. The average Bonchev–Trinajstić information content (AvgIpc) is 2.56. The summed E-state index contributed by atoms with van der Waals surface area (Å²) in [6.07, 6.45) is 3.82. The number of carbonyl (C=O) groups excluding carboxylic acids is 1. The number of ether oxygens (including phenoxy) is 1. The Hall–Kier alpha value is -1.55. The number of amides is 1. The normalized spacial score (nSPS) is 17.0. The third-order valence-corrected chi connectivity index (χ3v) is 4.60. The molecule has 0 aromatic heterocycles. The fourth-order valence-corrected chi connectivity index (χ4v) is 3.19. The predicted octanol–water partition coefficient (Wildman–Crippen LogP) is 2.38. The minimum absolute atomic E-state index is 0.168. The quantitative estimate of drug-likeness (QED) is 0.813. The predicted molar refractivity (Wildman–Crippen MR) is 89.1 cm³/mol. The van der Waals surface area contributed by atoms with E-state index in [9.17, 15) is 4.79 Å². The molecule has 1 heterocycles. The van der Waals surface area contributed by atoms with Crippen LogP contribution in [0.4, 0.5) is 0 Å². The van der Waals surface area contributed by atoms with Crippen molar-refractivity contribution in [1.29, 1.82) is 0 Å². The van der Waals surface area contributed by atoms with E-state index in [-0.39, 0.29) is 5.91 Å². The average molecular weight is 304 g/mol. The number of para-hydroxylation sites is 1. The number of carbonyl (C=O) groups is 1. The summed E-state index contributed by atoms with van der Waals surface area (Å²) in [4.78, 5) is 12.1. The molecule has 1 amide bonds. The van der Waals surface area contributed by atoms with E-state index in [1.165, 1.54) is 12.8 Å². The van der Waals surface area contributed by atoms with Gasteiger partial charge in [0.05, 0.1) is 7.11 Å². The van der Waals surface area contributed by atoms with Crippen LogP contribution < -0.4 is 15.4 Å². The largest absolute Gasteiger partial charge is 0.496 e. The molecule has 1 unspecified atom stereocenters. The first-order chi connectivity index (χ1) is 10.7. The zero-order valence-electron chi connectivity index (χ0n) is 13.7. The number of benzene rings is 1. The lowest BCUT2D eigenvalue weighted by Crippen LogP contribution is -2.34. The highest BCUT2D eigenvalue weighted by Crippen LogP contribution is 2.24. The van der Waals surface area contributed by atoms with Gasteiger partial charge in [0.15, 0.2) is 0 Å². The fourth-order valence-electron chi connectivity index (χ4n) is 3.19. The lowest BCUT2D eigenvalue weighted by Gasteiger charge is -2.27. The van der Waals surface area contributed by atoms with Crippen molar-refractivity contribution in [3.05, 3.63) is 29.8 Å². The zero-order valence-corrected chi connectivity index (χ0v) is 13.7. The Bertz CT molecular complexity index is 470. The number of rotatable bonds is 7. The van der Waals surface area contributed by atoms with E-state index in [2.05, 4.69) is 17.6 Å². The summed E-state index contributed by atoms with van der Waals surface area (Å²) in [5.74, 6) is 2.20. The molecular formula is C18H28N2O2. The third-order valence-electron chi connectivity index (χ3n) is 4.60. The van der Waals surface area contributed by atoms with Gasteiger partial charge in [-0.3, -0.25) is 4.79 Å². The van der Waals surface area contributed by atoms with Gasteiger partial charge in [0, 0.05) is 13.0 Å². The Morgan fingerprint density at radius 3 is 2.82 bits per heavy atom. The Morgan fingerprint density at radius 2 is 2.09 bits per heavy atom. The van der Waals surface area contributed by atoms with E-state index >= 15 is 0 Å². The smallest absolute Gasteiger partial charge is 0.220 e. The van der Waals surface area contributed by atoms with Gasteiger partial charge in [-0.2, -0.15) is 0 Å². The van der Waals surface area contributed by atoms with Gasteiger partial charge in [0.1, 0.15) is 5.75 Å². The molecule has 1 aliphatic rings. The topological polar surface area (TPSA) is 50.4 Å². The van der Waals surface area contributed by atoms with E-state index in [0.29, 0.717) is 24.8 Å². The van der Waals surface area contributed by atoms with Gasteiger partial charge >= 0.3 is 0 Å². The maximum Gasteiger partial charge on any atom is 0.220 e. The van der Waals surface area contributed by atoms with Crippen LogP contribution in [0, 0.1) is 11.8 Å². The molecule has 0 aliphatic carbocycles. The minimum Gasteiger partial charge on any atom is -0.496 e. The van der Waals surface area contributed by atoms with E-state index in [0.717, 1.165) is 30.8 Å². The number of piperidine rings is 1. The van der Waals surface area contributed by atoms with Crippen molar-refractivity contribution in [2.45, 2.75) is 32.6 Å². The highest BCUT2D eigenvalue weighted by molar-refractivity contribution is 5.76. The molecule has 1 atom stereocenters. The second kappa shape index (κ2) is 8.79. The summed E-state index contributed by atoms with van der Waals surface area (Å²) < 4.78 is 5.33. The van der Waals surface area contributed by atoms with Crippen LogP contribution in [0.15, 0.2) is 24.3 Å². The molecule has 0 spiro atoms. The van der Waals surface area contributed by atoms with Crippen molar-refractivity contribution >= 4 is 5.91 Å². The molecule has 2 N–H and O–H groups in total. The molecule has 1 fully saturated rings. The fraction of sp³-hybridized carbons (Fsp3) is 0.611. The first-order valence-electron chi connectivity index (χ1n) is 8.30. The van der Waals surface area contributed by atoms with Gasteiger partial charge in [0.2, 0.25) is 5.91 Å². The molecule has 0 bridgehead atoms. The van der Waals surface area contributed by atoms with Crippen LogP contribution in [-0.2, 0) is 11.2 Å². The number of methoxy groups -OCH3 is 1. The number of nitrogens with one attached hydrogen (secondary N) is 2. The lowest BCUT2D eigenvalue weighted by molar-refractivity contribution is -0.122.